The molecule has 3 nitrogen and oxygen atoms in total. The van der Waals surface area contributed by atoms with Gasteiger partial charge in [-0.25, -0.2) is 0 Å². The molecule has 0 radical (unpaired) electrons. The first-order chi connectivity index (χ1) is 7.86. The number of hydrogen-bond donors (Lipinski definition) is 1. The lowest BCUT2D eigenvalue weighted by molar-refractivity contribution is 0.0134. The van der Waals surface area contributed by atoms with Gasteiger partial charge < -0.3 is 10.1 Å². The van der Waals surface area contributed by atoms with E-state index >= 15 is 0 Å². The largest absolute Gasteiger partial charge is 0.385 e. The molecular formula is C13H20N2O. The van der Waals surface area contributed by atoms with Crippen molar-refractivity contribution in [2.45, 2.75) is 38.7 Å². The molecule has 1 aromatic rings. The van der Waals surface area contributed by atoms with Crippen LogP contribution in [-0.2, 0) is 4.74 Å². The number of aromatic nitrogens is 1. The minimum Gasteiger partial charge on any atom is -0.385 e. The minimum absolute atomic E-state index is 0.461. The van der Waals surface area contributed by atoms with Crippen molar-refractivity contribution >= 4 is 5.69 Å². The summed E-state index contributed by atoms with van der Waals surface area (Å²) in [4.78, 5) is 4.08. The highest BCUT2D eigenvalue weighted by Gasteiger charge is 2.12. The van der Waals surface area contributed by atoms with E-state index < -0.39 is 0 Å². The monoisotopic (exact) mass is 220 g/mol. The van der Waals surface area contributed by atoms with Gasteiger partial charge in [-0.2, -0.15) is 0 Å². The Kier molecular flexibility index (Phi) is 4.17. The van der Waals surface area contributed by atoms with E-state index in [-0.39, 0.29) is 0 Å². The summed E-state index contributed by atoms with van der Waals surface area (Å²) in [6.45, 7) is 4.00. The molecule has 3 heteroatoms. The second-order valence-electron chi connectivity index (χ2n) is 4.39. The van der Waals surface area contributed by atoms with E-state index in [0.717, 1.165) is 19.6 Å². The molecule has 1 aliphatic rings. The second kappa shape index (κ2) is 5.85. The Labute approximate surface area is 97.2 Å². The van der Waals surface area contributed by atoms with Crippen LogP contribution in [0, 0.1) is 6.92 Å². The van der Waals surface area contributed by atoms with Gasteiger partial charge in [0.25, 0.3) is 0 Å². The summed E-state index contributed by atoms with van der Waals surface area (Å²) in [5.74, 6) is 0. The van der Waals surface area contributed by atoms with Gasteiger partial charge in [0.1, 0.15) is 0 Å². The molecule has 2 heterocycles. The molecule has 0 spiro atoms. The third kappa shape index (κ3) is 3.20. The van der Waals surface area contributed by atoms with Crippen LogP contribution in [0.15, 0.2) is 18.5 Å². The van der Waals surface area contributed by atoms with Crippen molar-refractivity contribution in [3.05, 3.63) is 24.0 Å². The summed E-state index contributed by atoms with van der Waals surface area (Å²) in [6, 6.07) is 2.02. The predicted octanol–water partition coefficient (Wildman–Crippen LogP) is 2.76. The molecule has 1 atom stereocenters. The van der Waals surface area contributed by atoms with Gasteiger partial charge in [-0.15, -0.1) is 0 Å². The number of nitrogens with zero attached hydrogens (tertiary/aromatic N) is 1. The van der Waals surface area contributed by atoms with Crippen LogP contribution < -0.4 is 5.32 Å². The zero-order valence-corrected chi connectivity index (χ0v) is 9.91. The van der Waals surface area contributed by atoms with Crippen LogP contribution in [0.2, 0.25) is 0 Å². The van der Waals surface area contributed by atoms with E-state index in [1.54, 1.807) is 0 Å². The molecule has 1 fully saturated rings. The summed E-state index contributed by atoms with van der Waals surface area (Å²) < 4.78 is 5.69. The lowest BCUT2D eigenvalue weighted by atomic mass is 10.1. The number of hydrogen-bond acceptors (Lipinski definition) is 3. The van der Waals surface area contributed by atoms with Gasteiger partial charge >= 0.3 is 0 Å². The number of pyridine rings is 1. The lowest BCUT2D eigenvalue weighted by Gasteiger charge is -2.22. The van der Waals surface area contributed by atoms with Crippen molar-refractivity contribution in [2.75, 3.05) is 18.5 Å². The van der Waals surface area contributed by atoms with E-state index in [1.165, 1.54) is 30.5 Å². The van der Waals surface area contributed by atoms with Gasteiger partial charge in [0.2, 0.25) is 0 Å². The normalized spacial score (nSPS) is 20.7. The fourth-order valence-electron chi connectivity index (χ4n) is 2.07. The molecule has 0 aromatic carbocycles. The average molecular weight is 220 g/mol. The van der Waals surface area contributed by atoms with Crippen LogP contribution in [0.5, 0.6) is 0 Å². The third-order valence-corrected chi connectivity index (χ3v) is 3.08. The van der Waals surface area contributed by atoms with Crippen LogP contribution in [-0.4, -0.2) is 24.2 Å². The first-order valence-electron chi connectivity index (χ1n) is 6.12. The average Bonchev–Trinajstić information content (AvgIpc) is 2.33. The van der Waals surface area contributed by atoms with Crippen LogP contribution in [0.3, 0.4) is 0 Å². The third-order valence-electron chi connectivity index (χ3n) is 3.08. The fourth-order valence-corrected chi connectivity index (χ4v) is 2.07. The number of ether oxygens (including phenoxy) is 1. The summed E-state index contributed by atoms with van der Waals surface area (Å²) in [5.41, 5.74) is 2.39. The molecule has 0 saturated carbocycles. The van der Waals surface area contributed by atoms with Gasteiger partial charge in [-0.1, -0.05) is 0 Å². The Hall–Kier alpha value is -1.09. The topological polar surface area (TPSA) is 34.2 Å². The minimum atomic E-state index is 0.461. The van der Waals surface area contributed by atoms with Gasteiger partial charge in [0, 0.05) is 31.2 Å². The number of rotatable bonds is 4. The van der Waals surface area contributed by atoms with Gasteiger partial charge in [-0.05, 0) is 44.2 Å². The van der Waals surface area contributed by atoms with Crippen LogP contribution >= 0.6 is 0 Å². The van der Waals surface area contributed by atoms with Crippen LogP contribution in [0.25, 0.3) is 0 Å². The lowest BCUT2D eigenvalue weighted by Crippen LogP contribution is -2.22. The first-order valence-corrected chi connectivity index (χ1v) is 6.12. The molecule has 1 aromatic heterocycles. The smallest absolute Gasteiger partial charge is 0.0591 e. The molecule has 0 aliphatic carbocycles. The molecule has 16 heavy (non-hydrogen) atoms. The van der Waals surface area contributed by atoms with Gasteiger partial charge in [-0.3, -0.25) is 4.98 Å². The summed E-state index contributed by atoms with van der Waals surface area (Å²) in [7, 11) is 0. The molecule has 0 bridgehead atoms. The number of nitrogens with one attached hydrogen (secondary N) is 1. The van der Waals surface area contributed by atoms with E-state index in [2.05, 4.69) is 17.2 Å². The van der Waals surface area contributed by atoms with E-state index in [9.17, 15) is 0 Å². The van der Waals surface area contributed by atoms with Gasteiger partial charge in [0.15, 0.2) is 0 Å². The van der Waals surface area contributed by atoms with Gasteiger partial charge in [0.05, 0.1) is 6.10 Å². The molecule has 1 N–H and O–H groups in total. The number of anilines is 1. The highest BCUT2D eigenvalue weighted by Crippen LogP contribution is 2.16. The summed E-state index contributed by atoms with van der Waals surface area (Å²) in [6.07, 6.45) is 9.04. The Balaban J connectivity index is 1.73. The zero-order valence-electron chi connectivity index (χ0n) is 9.91. The van der Waals surface area contributed by atoms with Crippen molar-refractivity contribution in [2.24, 2.45) is 0 Å². The first kappa shape index (κ1) is 11.4. The fraction of sp³-hybridized carbons (Fsp3) is 0.615. The highest BCUT2D eigenvalue weighted by molar-refractivity contribution is 5.48. The number of aryl methyl sites for hydroxylation is 1. The van der Waals surface area contributed by atoms with Crippen LogP contribution in [0.1, 0.15) is 31.2 Å². The summed E-state index contributed by atoms with van der Waals surface area (Å²) >= 11 is 0. The molecule has 1 saturated heterocycles. The Morgan fingerprint density at radius 1 is 1.50 bits per heavy atom. The molecule has 2 rings (SSSR count). The van der Waals surface area contributed by atoms with E-state index in [4.69, 9.17) is 4.74 Å². The molecule has 88 valence electrons. The van der Waals surface area contributed by atoms with Crippen molar-refractivity contribution in [3.63, 3.8) is 0 Å². The van der Waals surface area contributed by atoms with Crippen molar-refractivity contribution in [3.8, 4) is 0 Å². The molecule has 0 amide bonds. The maximum Gasteiger partial charge on any atom is 0.0591 e. The maximum absolute atomic E-state index is 5.69. The van der Waals surface area contributed by atoms with Crippen LogP contribution in [0.4, 0.5) is 5.69 Å². The second-order valence-corrected chi connectivity index (χ2v) is 4.39. The Morgan fingerprint density at radius 2 is 2.44 bits per heavy atom. The highest BCUT2D eigenvalue weighted by atomic mass is 16.5. The predicted molar refractivity (Wildman–Crippen MR) is 65.7 cm³/mol. The van der Waals surface area contributed by atoms with Crippen molar-refractivity contribution in [1.82, 2.24) is 4.98 Å². The van der Waals surface area contributed by atoms with E-state index in [0.29, 0.717) is 6.10 Å². The maximum atomic E-state index is 5.69. The van der Waals surface area contributed by atoms with E-state index in [1.807, 2.05) is 18.5 Å². The molecule has 1 unspecified atom stereocenters. The Morgan fingerprint density at radius 3 is 3.19 bits per heavy atom. The molecule has 1 aliphatic heterocycles. The standard InChI is InChI=1S/C13H20N2O/c1-11-10-14-7-6-13(11)15-8-5-12-4-2-3-9-16-12/h6-7,10,12H,2-5,8-9H2,1H3,(H,14,15). The van der Waals surface area contributed by atoms with Crippen molar-refractivity contribution in [1.29, 1.82) is 0 Å². The quantitative estimate of drug-likeness (QED) is 0.847. The van der Waals surface area contributed by atoms with Crippen molar-refractivity contribution < 1.29 is 4.74 Å². The zero-order chi connectivity index (χ0) is 11.2. The molecular weight excluding hydrogens is 200 g/mol. The summed E-state index contributed by atoms with van der Waals surface area (Å²) in [5, 5.41) is 3.44. The Bertz CT molecular complexity index is 321. The SMILES string of the molecule is Cc1cnccc1NCCC1CCCCO1.